The quantitative estimate of drug-likeness (QED) is 0.254. The lowest BCUT2D eigenvalue weighted by molar-refractivity contribution is -0.131. The Morgan fingerprint density at radius 1 is 1.18 bits per heavy atom. The van der Waals surface area contributed by atoms with Crippen LogP contribution in [-0.4, -0.2) is 33.6 Å². The Balaban J connectivity index is 1.50. The minimum atomic E-state index is -4.34. The Morgan fingerprint density at radius 3 is 2.64 bits per heavy atom. The van der Waals surface area contributed by atoms with E-state index in [1.807, 2.05) is 0 Å². The first kappa shape index (κ1) is 26.0. The molecule has 2 N–H and O–H groups in total. The summed E-state index contributed by atoms with van der Waals surface area (Å²) in [5, 5.41) is 14.8. The number of benzene rings is 2. The summed E-state index contributed by atoms with van der Waals surface area (Å²) in [5.74, 6) is -0.365. The van der Waals surface area contributed by atoms with E-state index in [1.165, 1.54) is 24.3 Å². The van der Waals surface area contributed by atoms with Crippen molar-refractivity contribution in [3.63, 3.8) is 0 Å². The Morgan fingerprint density at radius 2 is 1.97 bits per heavy atom. The van der Waals surface area contributed by atoms with Gasteiger partial charge in [-0.15, -0.1) is 0 Å². The number of carbonyl (C=O) groups excluding carboxylic acids is 1. The van der Waals surface area contributed by atoms with Gasteiger partial charge in [-0.25, -0.2) is 9.37 Å². The molecule has 5 rings (SSSR count). The highest BCUT2D eigenvalue weighted by Gasteiger charge is 2.44. The molecule has 4 aromatic rings. The van der Waals surface area contributed by atoms with E-state index < -0.39 is 24.0 Å². The van der Waals surface area contributed by atoms with Crippen molar-refractivity contribution < 1.29 is 27.1 Å². The smallest absolute Gasteiger partial charge is 0.390 e. The number of ether oxygens (including phenoxy) is 1. The van der Waals surface area contributed by atoms with E-state index in [1.54, 1.807) is 48.0 Å². The molecule has 7 nitrogen and oxygen atoms in total. The number of halogens is 4. The first-order valence-corrected chi connectivity index (χ1v) is 12.2. The molecule has 0 aliphatic heterocycles. The fourth-order valence-electron chi connectivity index (χ4n) is 4.22. The second kappa shape index (κ2) is 9.94. The van der Waals surface area contributed by atoms with E-state index in [2.05, 4.69) is 21.7 Å². The van der Waals surface area contributed by atoms with Gasteiger partial charge in [-0.05, 0) is 49.6 Å². The monoisotopic (exact) mass is 537 g/mol. The number of hydrogen-bond donors (Lipinski definition) is 2. The van der Waals surface area contributed by atoms with Gasteiger partial charge >= 0.3 is 6.18 Å². The molecule has 0 radical (unpaired) electrons. The predicted molar refractivity (Wildman–Crippen MR) is 136 cm³/mol. The molecule has 0 unspecified atom stereocenters. The third-order valence-electron chi connectivity index (χ3n) is 6.42. The number of carbonyl (C=O) groups is 1. The number of aromatic nitrogens is 2. The van der Waals surface area contributed by atoms with Crippen LogP contribution in [0.4, 0.5) is 23.2 Å². The van der Waals surface area contributed by atoms with Crippen LogP contribution in [0.25, 0.3) is 16.9 Å². The molecule has 1 amide bonds. The maximum absolute atomic E-state index is 13.7. The number of nitrogens with zero attached hydrogens (tertiary/aromatic N) is 3. The minimum absolute atomic E-state index is 0.217. The van der Waals surface area contributed by atoms with E-state index in [9.17, 15) is 27.6 Å². The van der Waals surface area contributed by atoms with E-state index in [0.717, 1.165) is 0 Å². The first-order valence-electron chi connectivity index (χ1n) is 12.2. The van der Waals surface area contributed by atoms with Gasteiger partial charge < -0.3 is 15.4 Å². The molecule has 2 heterocycles. The Kier molecular flexibility index (Phi) is 6.64. The van der Waals surface area contributed by atoms with Gasteiger partial charge in [-0.1, -0.05) is 12.1 Å². The van der Waals surface area contributed by atoms with Crippen LogP contribution in [0.5, 0.6) is 11.5 Å². The van der Waals surface area contributed by atoms with E-state index in [4.69, 9.17) is 4.74 Å². The minimum Gasteiger partial charge on any atom is -0.456 e. The molecule has 0 bridgehead atoms. The molecule has 200 valence electrons. The fraction of sp³-hybridized carbons (Fsp3) is 0.250. The second-order valence-electron chi connectivity index (χ2n) is 9.46. The predicted octanol–water partition coefficient (Wildman–Crippen LogP) is 6.39. The summed E-state index contributed by atoms with van der Waals surface area (Å²) in [6, 6.07) is 14.3. The summed E-state index contributed by atoms with van der Waals surface area (Å²) < 4.78 is 59.5. The summed E-state index contributed by atoms with van der Waals surface area (Å²) in [6.45, 7) is 1.40. The number of amides is 1. The molecule has 2 aromatic carbocycles. The molecule has 1 saturated carbocycles. The topological polar surface area (TPSA) is 91.4 Å². The lowest BCUT2D eigenvalue weighted by atomic mass is 10.0. The molecule has 1 aliphatic rings. The number of fused-ring (bicyclic) bond motifs is 1. The molecule has 0 saturated heterocycles. The number of nitriles is 1. The number of anilines is 1. The lowest BCUT2D eigenvalue weighted by Gasteiger charge is -2.14. The zero-order valence-corrected chi connectivity index (χ0v) is 20.8. The van der Waals surface area contributed by atoms with Gasteiger partial charge in [0.15, 0.2) is 5.65 Å². The summed E-state index contributed by atoms with van der Waals surface area (Å²) >= 11 is 0. The Labute approximate surface area is 221 Å². The van der Waals surface area contributed by atoms with Crippen molar-refractivity contribution >= 4 is 17.2 Å². The highest BCUT2D eigenvalue weighted by atomic mass is 19.4. The van der Waals surface area contributed by atoms with E-state index in [0.29, 0.717) is 46.6 Å². The van der Waals surface area contributed by atoms with Gasteiger partial charge in [0.05, 0.1) is 36.3 Å². The fourth-order valence-corrected chi connectivity index (χ4v) is 4.22. The molecule has 1 fully saturated rings. The third kappa shape index (κ3) is 5.80. The zero-order valence-electron chi connectivity index (χ0n) is 20.8. The van der Waals surface area contributed by atoms with E-state index in [-0.39, 0.29) is 24.0 Å². The highest BCUT2D eigenvalue weighted by Crippen LogP contribution is 2.35. The summed E-state index contributed by atoms with van der Waals surface area (Å²) in [5.41, 5.74) is 2.27. The van der Waals surface area contributed by atoms with Gasteiger partial charge in [-0.2, -0.15) is 18.4 Å². The van der Waals surface area contributed by atoms with Crippen LogP contribution in [0.1, 0.15) is 35.2 Å². The van der Waals surface area contributed by atoms with Crippen molar-refractivity contribution in [3.05, 3.63) is 77.9 Å². The standard InChI is InChI=1S/C28H23F4N5O2/c1-17-11-18(5-6-22(17)26(38)36-27(16-33)7-8-27)24-14-35-25-23(34-10-9-28(30,31)32)13-21(15-37(24)25)39-20-4-2-3-19(29)12-20/h2-6,11-15,34H,7-10H2,1H3,(H,36,38). The maximum atomic E-state index is 13.7. The average Bonchev–Trinajstić information content (AvgIpc) is 3.51. The van der Waals surface area contributed by atoms with Crippen molar-refractivity contribution in [2.75, 3.05) is 11.9 Å². The summed E-state index contributed by atoms with van der Waals surface area (Å²) in [7, 11) is 0. The third-order valence-corrected chi connectivity index (χ3v) is 6.42. The molecule has 2 aromatic heterocycles. The molecule has 0 spiro atoms. The van der Waals surface area contributed by atoms with Crippen LogP contribution in [0.2, 0.25) is 0 Å². The summed E-state index contributed by atoms with van der Waals surface area (Å²) in [6.07, 6.45) is -0.965. The second-order valence-corrected chi connectivity index (χ2v) is 9.46. The molecule has 1 aliphatic carbocycles. The van der Waals surface area contributed by atoms with Crippen molar-refractivity contribution in [2.24, 2.45) is 0 Å². The molecule has 39 heavy (non-hydrogen) atoms. The number of nitrogens with one attached hydrogen (secondary N) is 2. The van der Waals surface area contributed by atoms with Gasteiger partial charge in [0.2, 0.25) is 0 Å². The number of rotatable bonds is 8. The van der Waals surface area contributed by atoms with Crippen molar-refractivity contribution in [1.82, 2.24) is 14.7 Å². The van der Waals surface area contributed by atoms with Crippen LogP contribution in [-0.2, 0) is 0 Å². The largest absolute Gasteiger partial charge is 0.456 e. The van der Waals surface area contributed by atoms with Crippen molar-refractivity contribution in [3.8, 4) is 28.8 Å². The SMILES string of the molecule is Cc1cc(-c2cnc3c(NCCC(F)(F)F)cc(Oc4cccc(F)c4)cn23)ccc1C(=O)NC1(C#N)CC1. The van der Waals surface area contributed by atoms with Gasteiger partial charge in [0, 0.05) is 29.8 Å². The van der Waals surface area contributed by atoms with E-state index >= 15 is 0 Å². The number of hydrogen-bond acceptors (Lipinski definition) is 5. The number of imidazole rings is 1. The van der Waals surface area contributed by atoms with Crippen molar-refractivity contribution in [2.45, 2.75) is 37.9 Å². The first-order chi connectivity index (χ1) is 18.6. The van der Waals surface area contributed by atoms with Crippen LogP contribution in [0, 0.1) is 24.1 Å². The van der Waals surface area contributed by atoms with Crippen LogP contribution in [0.3, 0.4) is 0 Å². The van der Waals surface area contributed by atoms with Gasteiger partial charge in [-0.3, -0.25) is 9.20 Å². The molecular weight excluding hydrogens is 514 g/mol. The van der Waals surface area contributed by atoms with Gasteiger partial charge in [0.25, 0.3) is 5.91 Å². The average molecular weight is 538 g/mol. The Hall–Kier alpha value is -4.59. The Bertz CT molecular complexity index is 1600. The summed E-state index contributed by atoms with van der Waals surface area (Å²) in [4.78, 5) is 17.2. The van der Waals surface area contributed by atoms with Crippen molar-refractivity contribution in [1.29, 1.82) is 5.26 Å². The van der Waals surface area contributed by atoms with Gasteiger partial charge in [0.1, 0.15) is 22.9 Å². The molecule has 11 heteroatoms. The zero-order chi connectivity index (χ0) is 27.8. The number of aryl methyl sites for hydroxylation is 1. The van der Waals surface area contributed by atoms with Crippen LogP contribution < -0.4 is 15.4 Å². The maximum Gasteiger partial charge on any atom is 0.390 e. The number of alkyl halides is 3. The number of pyridine rings is 1. The molecular formula is C28H23F4N5O2. The molecule has 0 atom stereocenters. The van der Waals surface area contributed by atoms with Crippen LogP contribution >= 0.6 is 0 Å². The lowest BCUT2D eigenvalue weighted by Crippen LogP contribution is -2.35. The van der Waals surface area contributed by atoms with Crippen LogP contribution in [0.15, 0.2) is 60.9 Å². The highest BCUT2D eigenvalue weighted by molar-refractivity contribution is 5.97. The normalized spacial score (nSPS) is 14.1.